The van der Waals surface area contributed by atoms with E-state index in [1.807, 2.05) is 18.2 Å². The molecule has 11 heteroatoms. The Balaban J connectivity index is 1.39. The van der Waals surface area contributed by atoms with Crippen molar-refractivity contribution >= 4 is 5.91 Å². The van der Waals surface area contributed by atoms with Crippen LogP contribution >= 0.6 is 0 Å². The predicted molar refractivity (Wildman–Crippen MR) is 148 cm³/mol. The number of amides is 1. The van der Waals surface area contributed by atoms with Gasteiger partial charge >= 0.3 is 6.18 Å². The van der Waals surface area contributed by atoms with E-state index in [0.29, 0.717) is 44.1 Å². The minimum Gasteiger partial charge on any atom is -0.493 e. The molecule has 1 N–H and O–H groups in total. The molecule has 0 aromatic heterocycles. The lowest BCUT2D eigenvalue weighted by Gasteiger charge is -2.37. The molecule has 226 valence electrons. The van der Waals surface area contributed by atoms with Crippen LogP contribution in [0.1, 0.15) is 24.0 Å². The second-order valence-electron chi connectivity index (χ2n) is 10.6. The fourth-order valence-electron chi connectivity index (χ4n) is 5.44. The minimum absolute atomic E-state index is 0.00643. The van der Waals surface area contributed by atoms with Crippen LogP contribution in [0.4, 0.5) is 13.2 Å². The molecule has 2 aromatic carbocycles. The van der Waals surface area contributed by atoms with E-state index in [1.165, 1.54) is 12.1 Å². The van der Waals surface area contributed by atoms with Gasteiger partial charge in [-0.1, -0.05) is 12.1 Å². The van der Waals surface area contributed by atoms with Gasteiger partial charge in [-0.2, -0.15) is 13.2 Å². The van der Waals surface area contributed by atoms with E-state index >= 15 is 0 Å². The summed E-state index contributed by atoms with van der Waals surface area (Å²) < 4.78 is 61.5. The third-order valence-corrected chi connectivity index (χ3v) is 7.54. The largest absolute Gasteiger partial charge is 0.493 e. The van der Waals surface area contributed by atoms with Crippen LogP contribution in [0.3, 0.4) is 0 Å². The van der Waals surface area contributed by atoms with Gasteiger partial charge in [0.05, 0.1) is 45.5 Å². The van der Waals surface area contributed by atoms with Crippen LogP contribution in [0, 0.1) is 11.8 Å². The zero-order chi connectivity index (χ0) is 29.2. The van der Waals surface area contributed by atoms with Gasteiger partial charge in [-0.15, -0.1) is 0 Å². The van der Waals surface area contributed by atoms with Crippen LogP contribution in [0.5, 0.6) is 17.2 Å². The van der Waals surface area contributed by atoms with Crippen molar-refractivity contribution < 1.29 is 36.9 Å². The number of likely N-dealkylation sites (tertiary alicyclic amines) is 1. The number of halogens is 3. The number of alkyl halides is 3. The summed E-state index contributed by atoms with van der Waals surface area (Å²) in [5.41, 5.74) is 0.259. The third-order valence-electron chi connectivity index (χ3n) is 7.54. The Labute approximate surface area is 239 Å². The average Bonchev–Trinajstić information content (AvgIpc) is 2.98. The van der Waals surface area contributed by atoms with E-state index in [9.17, 15) is 18.0 Å². The molecule has 2 aliphatic heterocycles. The molecule has 0 unspecified atom stereocenters. The van der Waals surface area contributed by atoms with Crippen molar-refractivity contribution in [2.24, 2.45) is 11.8 Å². The topological polar surface area (TPSA) is 72.5 Å². The number of hydrogen-bond acceptors (Lipinski definition) is 7. The number of methoxy groups -OCH3 is 2. The number of nitrogens with one attached hydrogen (secondary N) is 1. The number of carbonyl (C=O) groups excluding carboxylic acids is 1. The van der Waals surface area contributed by atoms with Crippen LogP contribution in [0.25, 0.3) is 0 Å². The maximum Gasteiger partial charge on any atom is 0.416 e. The molecular weight excluding hydrogens is 539 g/mol. The monoisotopic (exact) mass is 579 g/mol. The van der Waals surface area contributed by atoms with Gasteiger partial charge in [0.1, 0.15) is 5.75 Å². The van der Waals surface area contributed by atoms with Gasteiger partial charge in [0.25, 0.3) is 0 Å². The minimum atomic E-state index is -4.44. The molecule has 2 aliphatic rings. The Bertz CT molecular complexity index is 1130. The molecule has 2 heterocycles. The van der Waals surface area contributed by atoms with E-state index in [0.717, 1.165) is 57.0 Å². The first-order chi connectivity index (χ1) is 19.7. The zero-order valence-electron chi connectivity index (χ0n) is 23.8. The van der Waals surface area contributed by atoms with Crippen molar-refractivity contribution in [3.05, 3.63) is 53.6 Å². The molecule has 4 rings (SSSR count). The molecule has 2 aromatic rings. The first-order valence-corrected chi connectivity index (χ1v) is 14.1. The van der Waals surface area contributed by atoms with Crippen molar-refractivity contribution in [3.63, 3.8) is 0 Å². The molecule has 0 bridgehead atoms. The van der Waals surface area contributed by atoms with E-state index in [-0.39, 0.29) is 30.1 Å². The Morgan fingerprint density at radius 3 is 2.54 bits per heavy atom. The second-order valence-corrected chi connectivity index (χ2v) is 10.6. The standard InChI is InChI=1S/C30H40F3N3O5/c1-38-27-8-7-22(16-28(27)39-2)18-36-19-23(21-41-26-6-3-5-25(17-26)30(31,32)33)15-24(20-36)29(37)34-9-4-10-35-11-13-40-14-12-35/h3,5-8,16-17,23-24H,4,9-15,18-21H2,1-2H3,(H,34,37)/t23-,24+/m0/s1. The average molecular weight is 580 g/mol. The summed E-state index contributed by atoms with van der Waals surface area (Å²) >= 11 is 0. The highest BCUT2D eigenvalue weighted by atomic mass is 19.4. The Kier molecular flexibility index (Phi) is 11.1. The van der Waals surface area contributed by atoms with Gasteiger partial charge in [-0.05, 0) is 55.3 Å². The first-order valence-electron chi connectivity index (χ1n) is 14.1. The van der Waals surface area contributed by atoms with Crippen LogP contribution in [-0.4, -0.2) is 89.0 Å². The van der Waals surface area contributed by atoms with E-state index < -0.39 is 11.7 Å². The summed E-state index contributed by atoms with van der Waals surface area (Å²) in [6, 6.07) is 10.6. The fraction of sp³-hybridized carbons (Fsp3) is 0.567. The third kappa shape index (κ3) is 9.24. The van der Waals surface area contributed by atoms with E-state index in [4.69, 9.17) is 18.9 Å². The molecule has 0 radical (unpaired) electrons. The molecule has 1 amide bonds. The normalized spacial score (nSPS) is 20.4. The molecule has 0 aliphatic carbocycles. The summed E-state index contributed by atoms with van der Waals surface area (Å²) in [6.45, 7) is 6.83. The highest BCUT2D eigenvalue weighted by Crippen LogP contribution is 2.32. The summed E-state index contributed by atoms with van der Waals surface area (Å²) in [6.07, 6.45) is -2.99. The van der Waals surface area contributed by atoms with Crippen molar-refractivity contribution in [2.75, 3.05) is 73.3 Å². The number of carbonyl (C=O) groups is 1. The number of piperidine rings is 1. The Morgan fingerprint density at radius 1 is 1.02 bits per heavy atom. The number of hydrogen-bond donors (Lipinski definition) is 1. The predicted octanol–water partition coefficient (Wildman–Crippen LogP) is 4.08. The molecule has 0 spiro atoms. The SMILES string of the molecule is COc1ccc(CN2C[C@@H](COc3cccc(C(F)(F)F)c3)C[C@@H](C(=O)NCCCN3CCOCC3)C2)cc1OC. The van der Waals surface area contributed by atoms with Gasteiger partial charge in [0.2, 0.25) is 5.91 Å². The van der Waals surface area contributed by atoms with Gasteiger partial charge in [0, 0.05) is 45.2 Å². The summed E-state index contributed by atoms with van der Waals surface area (Å²) in [5, 5.41) is 3.10. The molecule has 8 nitrogen and oxygen atoms in total. The Hall–Kier alpha value is -3.02. The maximum absolute atomic E-state index is 13.2. The van der Waals surface area contributed by atoms with Crippen LogP contribution in [-0.2, 0) is 22.3 Å². The number of benzene rings is 2. The van der Waals surface area contributed by atoms with Crippen molar-refractivity contribution in [1.82, 2.24) is 15.1 Å². The maximum atomic E-state index is 13.2. The van der Waals surface area contributed by atoms with Crippen LogP contribution in [0.15, 0.2) is 42.5 Å². The Morgan fingerprint density at radius 2 is 1.80 bits per heavy atom. The highest BCUT2D eigenvalue weighted by Gasteiger charge is 2.33. The lowest BCUT2D eigenvalue weighted by molar-refractivity contribution is -0.137. The summed E-state index contributed by atoms with van der Waals surface area (Å²) in [4.78, 5) is 17.8. The molecule has 2 atom stereocenters. The molecular formula is C30H40F3N3O5. The number of rotatable bonds is 12. The van der Waals surface area contributed by atoms with Crippen molar-refractivity contribution in [3.8, 4) is 17.2 Å². The first kappa shape index (κ1) is 30.9. The highest BCUT2D eigenvalue weighted by molar-refractivity contribution is 5.79. The number of morpholine rings is 1. The molecule has 0 saturated carbocycles. The molecule has 2 fully saturated rings. The summed E-state index contributed by atoms with van der Waals surface area (Å²) in [5.74, 6) is 1.12. The molecule has 2 saturated heterocycles. The number of nitrogens with zero attached hydrogens (tertiary/aromatic N) is 2. The fourth-order valence-corrected chi connectivity index (χ4v) is 5.44. The van der Waals surface area contributed by atoms with Crippen LogP contribution < -0.4 is 19.5 Å². The smallest absolute Gasteiger partial charge is 0.416 e. The van der Waals surface area contributed by atoms with Crippen molar-refractivity contribution in [1.29, 1.82) is 0 Å². The van der Waals surface area contributed by atoms with E-state index in [1.54, 1.807) is 14.2 Å². The van der Waals surface area contributed by atoms with E-state index in [2.05, 4.69) is 15.1 Å². The lowest BCUT2D eigenvalue weighted by Crippen LogP contribution is -2.47. The number of ether oxygens (including phenoxy) is 4. The van der Waals surface area contributed by atoms with Gasteiger partial charge in [0.15, 0.2) is 11.5 Å². The molecule has 41 heavy (non-hydrogen) atoms. The van der Waals surface area contributed by atoms with Gasteiger partial charge < -0.3 is 24.3 Å². The lowest BCUT2D eigenvalue weighted by atomic mass is 9.88. The second kappa shape index (κ2) is 14.7. The van der Waals surface area contributed by atoms with Crippen molar-refractivity contribution in [2.45, 2.75) is 25.6 Å². The summed E-state index contributed by atoms with van der Waals surface area (Å²) in [7, 11) is 3.17. The quantitative estimate of drug-likeness (QED) is 0.380. The van der Waals surface area contributed by atoms with Crippen LogP contribution in [0.2, 0.25) is 0 Å². The van der Waals surface area contributed by atoms with Gasteiger partial charge in [-0.25, -0.2) is 0 Å². The van der Waals surface area contributed by atoms with Gasteiger partial charge in [-0.3, -0.25) is 14.6 Å². The zero-order valence-corrected chi connectivity index (χ0v) is 23.8.